The van der Waals surface area contributed by atoms with Gasteiger partial charge in [0.2, 0.25) is 20.0 Å². The first kappa shape index (κ1) is 28.8. The molecule has 3 rings (SSSR count). The summed E-state index contributed by atoms with van der Waals surface area (Å²) < 4.78 is 60.2. The van der Waals surface area contributed by atoms with Gasteiger partial charge in [0.15, 0.2) is 6.61 Å². The summed E-state index contributed by atoms with van der Waals surface area (Å²) in [6.07, 6.45) is 3.60. The van der Waals surface area contributed by atoms with E-state index in [4.69, 9.17) is 4.74 Å². The van der Waals surface area contributed by atoms with E-state index in [0.717, 1.165) is 25.7 Å². The molecule has 0 spiro atoms. The normalized spacial score (nSPS) is 16.1. The van der Waals surface area contributed by atoms with Gasteiger partial charge >= 0.3 is 5.97 Å². The number of esters is 1. The molecular weight excluding hydrogens is 518 g/mol. The van der Waals surface area contributed by atoms with E-state index >= 15 is 0 Å². The van der Waals surface area contributed by atoms with E-state index in [1.807, 2.05) is 0 Å². The lowest BCUT2D eigenvalue weighted by Crippen LogP contribution is -2.45. The molecule has 0 radical (unpaired) electrons. The number of amides is 1. The van der Waals surface area contributed by atoms with Gasteiger partial charge in [0.1, 0.15) is 6.04 Å². The van der Waals surface area contributed by atoms with Crippen LogP contribution >= 0.6 is 0 Å². The van der Waals surface area contributed by atoms with Crippen LogP contribution in [0.4, 0.5) is 5.69 Å². The number of hydrogen-bond donors (Lipinski definition) is 2. The second-order valence-corrected chi connectivity index (χ2v) is 12.8. The highest BCUT2D eigenvalue weighted by Gasteiger charge is 2.30. The Morgan fingerprint density at radius 1 is 0.892 bits per heavy atom. The van der Waals surface area contributed by atoms with Crippen LogP contribution in [0.2, 0.25) is 0 Å². The third-order valence-corrected chi connectivity index (χ3v) is 9.27. The maximum atomic E-state index is 13.0. The largest absolute Gasteiger partial charge is 0.454 e. The molecule has 0 aliphatic carbocycles. The number of anilines is 1. The van der Waals surface area contributed by atoms with Gasteiger partial charge < -0.3 is 10.1 Å². The topological polar surface area (TPSA) is 139 Å². The van der Waals surface area contributed by atoms with Crippen molar-refractivity contribution in [1.29, 1.82) is 0 Å². The summed E-state index contributed by atoms with van der Waals surface area (Å²) in [7, 11) is -7.68. The summed E-state index contributed by atoms with van der Waals surface area (Å²) in [4.78, 5) is 25.1. The monoisotopic (exact) mass is 551 g/mol. The van der Waals surface area contributed by atoms with Crippen molar-refractivity contribution in [3.8, 4) is 0 Å². The van der Waals surface area contributed by atoms with Crippen LogP contribution in [0, 0.1) is 5.92 Å². The number of carbonyl (C=O) groups is 2. The molecule has 1 amide bonds. The highest BCUT2D eigenvalue weighted by molar-refractivity contribution is 7.89. The van der Waals surface area contributed by atoms with Crippen LogP contribution in [0.3, 0.4) is 0 Å². The predicted octanol–water partition coefficient (Wildman–Crippen LogP) is 2.74. The smallest absolute Gasteiger partial charge is 0.324 e. The molecule has 1 fully saturated rings. The van der Waals surface area contributed by atoms with Crippen molar-refractivity contribution < 1.29 is 31.2 Å². The van der Waals surface area contributed by atoms with E-state index < -0.39 is 50.5 Å². The number of nitrogens with zero attached hydrogens (tertiary/aromatic N) is 1. The number of benzene rings is 2. The van der Waals surface area contributed by atoms with Crippen molar-refractivity contribution >= 4 is 37.6 Å². The minimum Gasteiger partial charge on any atom is -0.454 e. The van der Waals surface area contributed by atoms with Crippen LogP contribution in [0.25, 0.3) is 0 Å². The summed E-state index contributed by atoms with van der Waals surface area (Å²) in [6, 6.07) is 12.3. The molecule has 1 aliphatic rings. The number of carbonyl (C=O) groups excluding carboxylic acids is 2. The molecule has 1 atom stereocenters. The lowest BCUT2D eigenvalue weighted by Gasteiger charge is -2.21. The van der Waals surface area contributed by atoms with Gasteiger partial charge in [-0.15, -0.1) is 0 Å². The zero-order valence-electron chi connectivity index (χ0n) is 20.9. The van der Waals surface area contributed by atoms with Gasteiger partial charge in [-0.3, -0.25) is 9.59 Å². The van der Waals surface area contributed by atoms with Gasteiger partial charge in [0, 0.05) is 18.8 Å². The molecule has 12 heteroatoms. The van der Waals surface area contributed by atoms with Crippen LogP contribution in [0.1, 0.15) is 39.5 Å². The van der Waals surface area contributed by atoms with E-state index in [9.17, 15) is 26.4 Å². The molecule has 37 heavy (non-hydrogen) atoms. The summed E-state index contributed by atoms with van der Waals surface area (Å²) in [5.41, 5.74) is 0.238. The average molecular weight is 552 g/mol. The molecule has 2 aromatic carbocycles. The fourth-order valence-corrected chi connectivity index (χ4v) is 6.80. The minimum atomic E-state index is -3.98. The third-order valence-electron chi connectivity index (χ3n) is 5.92. The first-order valence-electron chi connectivity index (χ1n) is 12.1. The maximum absolute atomic E-state index is 13.0. The van der Waals surface area contributed by atoms with Gasteiger partial charge in [-0.1, -0.05) is 51.0 Å². The van der Waals surface area contributed by atoms with Crippen LogP contribution in [0.5, 0.6) is 0 Å². The van der Waals surface area contributed by atoms with E-state index in [1.54, 1.807) is 32.0 Å². The number of nitrogens with one attached hydrogen (secondary N) is 2. The summed E-state index contributed by atoms with van der Waals surface area (Å²) in [5, 5.41) is 2.53. The average Bonchev–Trinajstić information content (AvgIpc) is 3.17. The van der Waals surface area contributed by atoms with Crippen molar-refractivity contribution in [3.05, 3.63) is 54.6 Å². The van der Waals surface area contributed by atoms with Gasteiger partial charge in [-0.25, -0.2) is 16.8 Å². The van der Waals surface area contributed by atoms with Crippen LogP contribution in [-0.4, -0.2) is 58.8 Å². The quantitative estimate of drug-likeness (QED) is 0.433. The highest BCUT2D eigenvalue weighted by atomic mass is 32.2. The second-order valence-electron chi connectivity index (χ2n) is 9.16. The molecule has 202 valence electrons. The van der Waals surface area contributed by atoms with Crippen molar-refractivity contribution in [3.63, 3.8) is 0 Å². The molecule has 2 N–H and O–H groups in total. The first-order chi connectivity index (χ1) is 17.5. The Bertz CT molecular complexity index is 1290. The zero-order valence-corrected chi connectivity index (χ0v) is 22.6. The Kier molecular flexibility index (Phi) is 9.82. The fourth-order valence-electron chi connectivity index (χ4n) is 3.88. The summed E-state index contributed by atoms with van der Waals surface area (Å²) in [5.74, 6) is -2.04. The molecule has 1 aliphatic heterocycles. The molecule has 0 bridgehead atoms. The van der Waals surface area contributed by atoms with Gasteiger partial charge in [0.25, 0.3) is 5.91 Å². The highest BCUT2D eigenvalue weighted by Crippen LogP contribution is 2.22. The minimum absolute atomic E-state index is 0.00111. The third kappa shape index (κ3) is 7.84. The lowest BCUT2D eigenvalue weighted by atomic mass is 10.1. The number of ether oxygens (including phenoxy) is 1. The number of rotatable bonds is 10. The Morgan fingerprint density at radius 2 is 1.51 bits per heavy atom. The predicted molar refractivity (Wildman–Crippen MR) is 139 cm³/mol. The van der Waals surface area contributed by atoms with Crippen molar-refractivity contribution in [1.82, 2.24) is 9.03 Å². The molecule has 1 saturated heterocycles. The lowest BCUT2D eigenvalue weighted by molar-refractivity contribution is -0.150. The Labute approximate surface area is 218 Å². The van der Waals surface area contributed by atoms with Crippen molar-refractivity contribution in [2.24, 2.45) is 5.92 Å². The van der Waals surface area contributed by atoms with Gasteiger partial charge in [-0.05, 0) is 49.1 Å². The Hall–Kier alpha value is -2.80. The van der Waals surface area contributed by atoms with Crippen LogP contribution in [0.15, 0.2) is 64.4 Å². The zero-order chi connectivity index (χ0) is 27.1. The van der Waals surface area contributed by atoms with E-state index in [-0.39, 0.29) is 15.5 Å². The van der Waals surface area contributed by atoms with E-state index in [1.165, 1.54) is 40.7 Å². The fraction of sp³-hybridized carbons (Fsp3) is 0.440. The molecule has 1 heterocycles. The van der Waals surface area contributed by atoms with Gasteiger partial charge in [-0.2, -0.15) is 9.03 Å². The second kappa shape index (κ2) is 12.6. The maximum Gasteiger partial charge on any atom is 0.324 e. The van der Waals surface area contributed by atoms with E-state index in [0.29, 0.717) is 13.1 Å². The van der Waals surface area contributed by atoms with Crippen molar-refractivity contribution in [2.45, 2.75) is 55.4 Å². The molecule has 2 aromatic rings. The number of sulfonamides is 2. The Morgan fingerprint density at radius 3 is 2.14 bits per heavy atom. The van der Waals surface area contributed by atoms with Crippen LogP contribution < -0.4 is 10.0 Å². The van der Waals surface area contributed by atoms with Crippen LogP contribution in [-0.2, 0) is 34.4 Å². The first-order valence-corrected chi connectivity index (χ1v) is 15.1. The summed E-state index contributed by atoms with van der Waals surface area (Å²) in [6.45, 7) is 3.55. The SMILES string of the molecule is CC(C)[C@H](NS(=O)(=O)c1ccccc1)C(=O)OCC(=O)Nc1cccc(S(=O)(=O)N2CCCCCC2)c1. The van der Waals surface area contributed by atoms with E-state index in [2.05, 4.69) is 10.0 Å². The van der Waals surface area contributed by atoms with Gasteiger partial charge in [0.05, 0.1) is 9.79 Å². The molecule has 0 aromatic heterocycles. The number of hydrogen-bond acceptors (Lipinski definition) is 7. The summed E-state index contributed by atoms with van der Waals surface area (Å²) >= 11 is 0. The Balaban J connectivity index is 1.61. The standard InChI is InChI=1S/C25H33N3O7S2/c1-19(2)24(27-36(31,32)21-12-6-5-7-13-21)25(30)35-18-23(29)26-20-11-10-14-22(17-20)37(33,34)28-15-8-3-4-9-16-28/h5-7,10-14,17,19,24,27H,3-4,8-9,15-16,18H2,1-2H3,(H,26,29)/t24-/m0/s1. The molecule has 10 nitrogen and oxygen atoms in total. The van der Waals surface area contributed by atoms with Crippen molar-refractivity contribution in [2.75, 3.05) is 25.0 Å². The molecular formula is C25H33N3O7S2. The molecule has 0 unspecified atom stereocenters. The molecule has 0 saturated carbocycles.